The van der Waals surface area contributed by atoms with Gasteiger partial charge in [-0.15, -0.1) is 15.3 Å². The molecule has 0 amide bonds. The number of halogens is 1. The lowest BCUT2D eigenvalue weighted by Gasteiger charge is -2.12. The number of aromatic nitrogens is 6. The van der Waals surface area contributed by atoms with Gasteiger partial charge in [0.05, 0.1) is 11.4 Å². The fourth-order valence-electron chi connectivity index (χ4n) is 3.31. The Labute approximate surface area is 171 Å². The van der Waals surface area contributed by atoms with Gasteiger partial charge < -0.3 is 5.32 Å². The molecule has 2 heterocycles. The minimum atomic E-state index is -0.330. The number of hydrogen-bond donors (Lipinski definition) is 1. The van der Waals surface area contributed by atoms with Gasteiger partial charge in [-0.1, -0.05) is 42.5 Å². The van der Waals surface area contributed by atoms with Crippen LogP contribution in [-0.4, -0.2) is 30.4 Å². The molecule has 0 bridgehead atoms. The Balaban J connectivity index is 1.55. The van der Waals surface area contributed by atoms with Gasteiger partial charge in [0.15, 0.2) is 5.82 Å². The van der Waals surface area contributed by atoms with Crippen LogP contribution in [0.3, 0.4) is 0 Å². The molecule has 0 unspecified atom stereocenters. The first kappa shape index (κ1) is 17.9. The summed E-state index contributed by atoms with van der Waals surface area (Å²) < 4.78 is 15.9. The highest BCUT2D eigenvalue weighted by molar-refractivity contribution is 6.00. The topological polar surface area (TPSA) is 81.4 Å². The molecular weight excluding hydrogens is 381 g/mol. The van der Waals surface area contributed by atoms with Crippen molar-refractivity contribution >= 4 is 22.3 Å². The number of nitrogens with zero attached hydrogens (tertiary/aromatic N) is 6. The summed E-state index contributed by atoms with van der Waals surface area (Å²) >= 11 is 0. The van der Waals surface area contributed by atoms with Gasteiger partial charge in [0.1, 0.15) is 17.8 Å². The molecule has 0 saturated heterocycles. The maximum absolute atomic E-state index is 14.3. The van der Waals surface area contributed by atoms with Crippen LogP contribution in [0.5, 0.6) is 0 Å². The smallest absolute Gasteiger partial charge is 0.161 e. The SMILES string of the molecule is Cc1ccc(Nc2nnc(-c3ccc(-n4cnnn4)cc3)c3ccccc23)c(F)c1. The fraction of sp³-hybridized carbons (Fsp3) is 0.0455. The maximum Gasteiger partial charge on any atom is 0.161 e. The third-order valence-corrected chi connectivity index (χ3v) is 4.82. The van der Waals surface area contributed by atoms with Gasteiger partial charge in [-0.25, -0.2) is 9.07 Å². The van der Waals surface area contributed by atoms with Crippen LogP contribution in [0.15, 0.2) is 73.1 Å². The number of fused-ring (bicyclic) bond motifs is 1. The molecular formula is C22H16FN7. The number of aryl methyl sites for hydroxylation is 1. The van der Waals surface area contributed by atoms with Gasteiger partial charge >= 0.3 is 0 Å². The van der Waals surface area contributed by atoms with Gasteiger partial charge in [0.2, 0.25) is 0 Å². The van der Waals surface area contributed by atoms with E-state index in [1.54, 1.807) is 10.7 Å². The Morgan fingerprint density at radius 1 is 0.900 bits per heavy atom. The van der Waals surface area contributed by atoms with E-state index in [1.807, 2.05) is 61.5 Å². The predicted molar refractivity (Wildman–Crippen MR) is 112 cm³/mol. The molecule has 146 valence electrons. The molecule has 0 aliphatic rings. The minimum Gasteiger partial charge on any atom is -0.336 e. The molecule has 7 nitrogen and oxygen atoms in total. The Bertz CT molecular complexity index is 1330. The molecule has 0 fully saturated rings. The van der Waals surface area contributed by atoms with Crippen molar-refractivity contribution in [1.82, 2.24) is 30.4 Å². The average Bonchev–Trinajstić information content (AvgIpc) is 3.31. The fourth-order valence-corrected chi connectivity index (χ4v) is 3.31. The van der Waals surface area contributed by atoms with Crippen molar-refractivity contribution in [2.24, 2.45) is 0 Å². The van der Waals surface area contributed by atoms with Crippen LogP contribution in [0.25, 0.3) is 27.7 Å². The minimum absolute atomic E-state index is 0.330. The van der Waals surface area contributed by atoms with Crippen molar-refractivity contribution < 1.29 is 4.39 Å². The first-order valence-corrected chi connectivity index (χ1v) is 9.31. The highest BCUT2D eigenvalue weighted by Crippen LogP contribution is 2.32. The number of tetrazole rings is 1. The molecule has 0 aliphatic heterocycles. The van der Waals surface area contributed by atoms with E-state index in [0.717, 1.165) is 33.3 Å². The lowest BCUT2D eigenvalue weighted by molar-refractivity contribution is 0.630. The highest BCUT2D eigenvalue weighted by Gasteiger charge is 2.13. The zero-order chi connectivity index (χ0) is 20.5. The molecule has 1 N–H and O–H groups in total. The molecule has 30 heavy (non-hydrogen) atoms. The summed E-state index contributed by atoms with van der Waals surface area (Å²) in [7, 11) is 0. The van der Waals surface area contributed by atoms with E-state index in [2.05, 4.69) is 31.0 Å². The van der Waals surface area contributed by atoms with Crippen molar-refractivity contribution in [2.45, 2.75) is 6.92 Å². The second-order valence-electron chi connectivity index (χ2n) is 6.85. The van der Waals surface area contributed by atoms with Gasteiger partial charge in [-0.3, -0.25) is 0 Å². The first-order chi connectivity index (χ1) is 14.7. The van der Waals surface area contributed by atoms with E-state index in [1.165, 1.54) is 12.4 Å². The molecule has 0 aliphatic carbocycles. The monoisotopic (exact) mass is 397 g/mol. The lowest BCUT2D eigenvalue weighted by Crippen LogP contribution is -2.01. The Morgan fingerprint density at radius 3 is 2.43 bits per heavy atom. The van der Waals surface area contributed by atoms with Crippen LogP contribution in [0.2, 0.25) is 0 Å². The average molecular weight is 397 g/mol. The molecule has 2 aromatic heterocycles. The van der Waals surface area contributed by atoms with Gasteiger partial charge in [0.25, 0.3) is 0 Å². The van der Waals surface area contributed by atoms with Gasteiger partial charge in [-0.2, -0.15) is 0 Å². The zero-order valence-electron chi connectivity index (χ0n) is 16.0. The van der Waals surface area contributed by atoms with E-state index in [9.17, 15) is 4.39 Å². The summed E-state index contributed by atoms with van der Waals surface area (Å²) in [6.07, 6.45) is 1.54. The summed E-state index contributed by atoms with van der Waals surface area (Å²) in [5, 5.41) is 24.8. The van der Waals surface area contributed by atoms with Crippen LogP contribution in [0.4, 0.5) is 15.9 Å². The number of nitrogens with one attached hydrogen (secondary N) is 1. The Hall–Kier alpha value is -4.20. The number of anilines is 2. The quantitative estimate of drug-likeness (QED) is 0.482. The van der Waals surface area contributed by atoms with Crippen LogP contribution in [0.1, 0.15) is 5.56 Å². The van der Waals surface area contributed by atoms with E-state index >= 15 is 0 Å². The molecule has 5 aromatic rings. The van der Waals surface area contributed by atoms with Crippen molar-refractivity contribution in [3.8, 4) is 16.9 Å². The summed E-state index contributed by atoms with van der Waals surface area (Å²) in [5.41, 5.74) is 3.70. The summed E-state index contributed by atoms with van der Waals surface area (Å²) in [6, 6.07) is 20.5. The zero-order valence-corrected chi connectivity index (χ0v) is 16.0. The Morgan fingerprint density at radius 2 is 1.70 bits per heavy atom. The van der Waals surface area contributed by atoms with Gasteiger partial charge in [0, 0.05) is 16.3 Å². The van der Waals surface area contributed by atoms with E-state index in [0.29, 0.717) is 11.5 Å². The second kappa shape index (κ2) is 7.32. The van der Waals surface area contributed by atoms with Crippen molar-refractivity contribution in [2.75, 3.05) is 5.32 Å². The number of benzene rings is 3. The highest BCUT2D eigenvalue weighted by atomic mass is 19.1. The van der Waals surface area contributed by atoms with Crippen LogP contribution in [0, 0.1) is 12.7 Å². The summed E-state index contributed by atoms with van der Waals surface area (Å²) in [6.45, 7) is 1.85. The summed E-state index contributed by atoms with van der Waals surface area (Å²) in [4.78, 5) is 0. The van der Waals surface area contributed by atoms with Crippen LogP contribution < -0.4 is 5.32 Å². The molecule has 0 saturated carbocycles. The van der Waals surface area contributed by atoms with E-state index in [-0.39, 0.29) is 5.82 Å². The molecule has 0 spiro atoms. The number of hydrogen-bond acceptors (Lipinski definition) is 6. The largest absolute Gasteiger partial charge is 0.336 e. The second-order valence-corrected chi connectivity index (χ2v) is 6.85. The lowest BCUT2D eigenvalue weighted by atomic mass is 10.0. The molecule has 0 atom stereocenters. The predicted octanol–water partition coefficient (Wildman–Crippen LogP) is 4.46. The van der Waals surface area contributed by atoms with Crippen LogP contribution in [-0.2, 0) is 0 Å². The standard InChI is InChI=1S/C22H16FN7/c1-14-6-11-20(19(23)12-14)25-22-18-5-3-2-4-17(18)21(26-27-22)15-7-9-16(10-8-15)30-13-24-28-29-30/h2-13H,1H3,(H,25,27). The molecule has 8 heteroatoms. The van der Waals surface area contributed by atoms with E-state index < -0.39 is 0 Å². The van der Waals surface area contributed by atoms with E-state index in [4.69, 9.17) is 0 Å². The number of rotatable bonds is 4. The normalized spacial score (nSPS) is 11.0. The molecule has 0 radical (unpaired) electrons. The summed E-state index contributed by atoms with van der Waals surface area (Å²) in [5.74, 6) is 0.172. The molecule has 3 aromatic carbocycles. The first-order valence-electron chi connectivity index (χ1n) is 9.31. The third kappa shape index (κ3) is 3.24. The van der Waals surface area contributed by atoms with Crippen molar-refractivity contribution in [3.05, 3.63) is 84.4 Å². The third-order valence-electron chi connectivity index (χ3n) is 4.82. The van der Waals surface area contributed by atoms with Crippen molar-refractivity contribution in [1.29, 1.82) is 0 Å². The maximum atomic E-state index is 14.3. The molecule has 5 rings (SSSR count). The van der Waals surface area contributed by atoms with Gasteiger partial charge in [-0.05, 0) is 47.2 Å². The van der Waals surface area contributed by atoms with Crippen LogP contribution >= 0.6 is 0 Å². The Kier molecular flexibility index (Phi) is 4.36. The van der Waals surface area contributed by atoms with Crippen molar-refractivity contribution in [3.63, 3.8) is 0 Å².